The standard InChI is InChI=1S/C20H29N3O3S/c1-21(2)27(25,26)22-12-10-20(11-13-22)14-18(16-6-4-3-5-7-16)19(24)23(15-20)17-8-9-17/h3-7,17-18H,8-15H2,1-2H3/t18-/m0/s1. The quantitative estimate of drug-likeness (QED) is 0.789. The second-order valence-electron chi connectivity index (χ2n) is 8.55. The normalized spacial score (nSPS) is 26.7. The Morgan fingerprint density at radius 3 is 2.26 bits per heavy atom. The van der Waals surface area contributed by atoms with E-state index < -0.39 is 10.2 Å². The molecular weight excluding hydrogens is 362 g/mol. The van der Waals surface area contributed by atoms with Crippen LogP contribution in [0.4, 0.5) is 0 Å². The number of hydrogen-bond donors (Lipinski definition) is 0. The molecule has 0 N–H and O–H groups in total. The fourth-order valence-corrected chi connectivity index (χ4v) is 5.76. The van der Waals surface area contributed by atoms with Crippen LogP contribution in [-0.4, -0.2) is 67.6 Å². The number of piperidine rings is 2. The summed E-state index contributed by atoms with van der Waals surface area (Å²) in [5.74, 6) is 0.162. The minimum atomic E-state index is -3.36. The van der Waals surface area contributed by atoms with Crippen molar-refractivity contribution in [1.29, 1.82) is 0 Å². The Morgan fingerprint density at radius 1 is 1.07 bits per heavy atom. The number of nitrogens with zero attached hydrogens (tertiary/aromatic N) is 3. The van der Waals surface area contributed by atoms with Crippen LogP contribution in [0.2, 0.25) is 0 Å². The van der Waals surface area contributed by atoms with Gasteiger partial charge in [-0.25, -0.2) is 0 Å². The van der Waals surface area contributed by atoms with Gasteiger partial charge < -0.3 is 4.90 Å². The minimum Gasteiger partial charge on any atom is -0.339 e. The SMILES string of the molecule is CN(C)S(=O)(=O)N1CCC2(CC1)C[C@@H](c1ccccc1)C(=O)N(C1CC1)C2. The lowest BCUT2D eigenvalue weighted by Gasteiger charge is -2.50. The smallest absolute Gasteiger partial charge is 0.281 e. The summed E-state index contributed by atoms with van der Waals surface area (Å²) in [5.41, 5.74) is 1.12. The van der Waals surface area contributed by atoms with Crippen molar-refractivity contribution in [2.45, 2.75) is 44.1 Å². The zero-order valence-electron chi connectivity index (χ0n) is 16.2. The van der Waals surface area contributed by atoms with Crippen molar-refractivity contribution in [2.24, 2.45) is 5.41 Å². The number of benzene rings is 1. The zero-order valence-corrected chi connectivity index (χ0v) is 17.0. The molecule has 1 aromatic rings. The van der Waals surface area contributed by atoms with E-state index in [1.54, 1.807) is 18.4 Å². The Balaban J connectivity index is 1.57. The summed E-state index contributed by atoms with van der Waals surface area (Å²) in [5, 5.41) is 0. The van der Waals surface area contributed by atoms with Crippen LogP contribution in [0.1, 0.15) is 43.6 Å². The molecule has 1 atom stereocenters. The van der Waals surface area contributed by atoms with Crippen molar-refractivity contribution in [3.05, 3.63) is 35.9 Å². The van der Waals surface area contributed by atoms with Crippen LogP contribution in [-0.2, 0) is 15.0 Å². The average molecular weight is 392 g/mol. The van der Waals surface area contributed by atoms with Crippen LogP contribution in [0.25, 0.3) is 0 Å². The van der Waals surface area contributed by atoms with Crippen molar-refractivity contribution in [3.63, 3.8) is 0 Å². The molecule has 2 heterocycles. The van der Waals surface area contributed by atoms with Crippen LogP contribution >= 0.6 is 0 Å². The summed E-state index contributed by atoms with van der Waals surface area (Å²) in [4.78, 5) is 15.3. The monoisotopic (exact) mass is 391 g/mol. The minimum absolute atomic E-state index is 0.0232. The van der Waals surface area contributed by atoms with E-state index in [4.69, 9.17) is 0 Å². The third-order valence-electron chi connectivity index (χ3n) is 6.48. The van der Waals surface area contributed by atoms with Crippen molar-refractivity contribution < 1.29 is 13.2 Å². The third-order valence-corrected chi connectivity index (χ3v) is 8.43. The lowest BCUT2D eigenvalue weighted by Crippen LogP contribution is -2.56. The Kier molecular flexibility index (Phi) is 4.81. The number of amides is 1. The van der Waals surface area contributed by atoms with Crippen molar-refractivity contribution in [3.8, 4) is 0 Å². The number of likely N-dealkylation sites (tertiary alicyclic amines) is 1. The number of carbonyl (C=O) groups is 1. The molecule has 4 rings (SSSR count). The predicted molar refractivity (Wildman–Crippen MR) is 104 cm³/mol. The summed E-state index contributed by atoms with van der Waals surface area (Å²) < 4.78 is 27.8. The molecular formula is C20H29N3O3S. The molecule has 1 aliphatic carbocycles. The highest BCUT2D eigenvalue weighted by Gasteiger charge is 2.50. The topological polar surface area (TPSA) is 60.9 Å². The van der Waals surface area contributed by atoms with Crippen LogP contribution < -0.4 is 0 Å². The maximum atomic E-state index is 13.2. The molecule has 2 saturated heterocycles. The van der Waals surface area contributed by atoms with Gasteiger partial charge in [0.2, 0.25) is 5.91 Å². The molecule has 0 bridgehead atoms. The summed E-state index contributed by atoms with van der Waals surface area (Å²) in [6.45, 7) is 1.86. The summed E-state index contributed by atoms with van der Waals surface area (Å²) in [7, 11) is -0.198. The molecule has 1 amide bonds. The largest absolute Gasteiger partial charge is 0.339 e. The Morgan fingerprint density at radius 2 is 1.70 bits per heavy atom. The van der Waals surface area contributed by atoms with Crippen molar-refractivity contribution in [2.75, 3.05) is 33.7 Å². The predicted octanol–water partition coefficient (Wildman–Crippen LogP) is 2.05. The second kappa shape index (κ2) is 6.87. The molecule has 148 valence electrons. The van der Waals surface area contributed by atoms with Gasteiger partial charge in [0.25, 0.3) is 10.2 Å². The molecule has 7 heteroatoms. The van der Waals surface area contributed by atoms with E-state index in [-0.39, 0.29) is 17.2 Å². The lowest BCUT2D eigenvalue weighted by molar-refractivity contribution is -0.142. The Bertz CT molecular complexity index is 797. The van der Waals surface area contributed by atoms with Crippen LogP contribution in [0.5, 0.6) is 0 Å². The highest BCUT2D eigenvalue weighted by Crippen LogP contribution is 2.48. The fourth-order valence-electron chi connectivity index (χ4n) is 4.65. The molecule has 1 aromatic carbocycles. The van der Waals surface area contributed by atoms with Gasteiger partial charge in [-0.1, -0.05) is 30.3 Å². The molecule has 2 aliphatic heterocycles. The molecule has 1 saturated carbocycles. The van der Waals surface area contributed by atoms with E-state index in [1.807, 2.05) is 18.2 Å². The van der Waals surface area contributed by atoms with E-state index in [1.165, 1.54) is 4.31 Å². The van der Waals surface area contributed by atoms with Gasteiger partial charge in [-0.15, -0.1) is 0 Å². The highest BCUT2D eigenvalue weighted by molar-refractivity contribution is 7.86. The maximum absolute atomic E-state index is 13.2. The van der Waals surface area contributed by atoms with Gasteiger partial charge in [0.05, 0.1) is 5.92 Å². The van der Waals surface area contributed by atoms with E-state index >= 15 is 0 Å². The molecule has 0 unspecified atom stereocenters. The van der Waals surface area contributed by atoms with Crippen molar-refractivity contribution in [1.82, 2.24) is 13.5 Å². The zero-order chi connectivity index (χ0) is 19.2. The first-order valence-corrected chi connectivity index (χ1v) is 11.3. The van der Waals surface area contributed by atoms with Gasteiger partial charge in [0.1, 0.15) is 0 Å². The molecule has 27 heavy (non-hydrogen) atoms. The van der Waals surface area contributed by atoms with Gasteiger partial charge in [-0.05, 0) is 43.1 Å². The molecule has 0 aromatic heterocycles. The van der Waals surface area contributed by atoms with E-state index in [2.05, 4.69) is 17.0 Å². The highest BCUT2D eigenvalue weighted by atomic mass is 32.2. The third kappa shape index (κ3) is 3.52. The fraction of sp³-hybridized carbons (Fsp3) is 0.650. The average Bonchev–Trinajstić information content (AvgIpc) is 3.50. The number of hydrogen-bond acceptors (Lipinski definition) is 3. The summed E-state index contributed by atoms with van der Waals surface area (Å²) in [6, 6.07) is 10.5. The maximum Gasteiger partial charge on any atom is 0.281 e. The molecule has 3 fully saturated rings. The van der Waals surface area contributed by atoms with Gasteiger partial charge >= 0.3 is 0 Å². The summed E-state index contributed by atoms with van der Waals surface area (Å²) in [6.07, 6.45) is 4.67. The van der Waals surface area contributed by atoms with Gasteiger partial charge in [-0.2, -0.15) is 17.0 Å². The summed E-state index contributed by atoms with van der Waals surface area (Å²) >= 11 is 0. The number of rotatable bonds is 4. The number of carbonyl (C=O) groups excluding carboxylic acids is 1. The van der Waals surface area contributed by atoms with Crippen LogP contribution in [0, 0.1) is 5.41 Å². The van der Waals surface area contributed by atoms with Crippen LogP contribution in [0.3, 0.4) is 0 Å². The van der Waals surface area contributed by atoms with Crippen molar-refractivity contribution >= 4 is 16.1 Å². The molecule has 1 spiro atoms. The lowest BCUT2D eigenvalue weighted by atomic mass is 9.68. The molecule has 3 aliphatic rings. The van der Waals surface area contributed by atoms with Gasteiger partial charge in [0.15, 0.2) is 0 Å². The van der Waals surface area contributed by atoms with Gasteiger partial charge in [0, 0.05) is 39.8 Å². The van der Waals surface area contributed by atoms with Crippen LogP contribution in [0.15, 0.2) is 30.3 Å². The van der Waals surface area contributed by atoms with E-state index in [0.717, 1.165) is 44.2 Å². The molecule has 6 nitrogen and oxygen atoms in total. The first-order chi connectivity index (χ1) is 12.8. The Labute approximate surface area is 162 Å². The van der Waals surface area contributed by atoms with E-state index in [0.29, 0.717) is 19.1 Å². The second-order valence-corrected chi connectivity index (χ2v) is 10.7. The first kappa shape index (κ1) is 18.9. The van der Waals surface area contributed by atoms with Gasteiger partial charge in [-0.3, -0.25) is 4.79 Å². The first-order valence-electron chi connectivity index (χ1n) is 9.85. The Hall–Kier alpha value is -1.44. The van der Waals surface area contributed by atoms with E-state index in [9.17, 15) is 13.2 Å². The molecule has 0 radical (unpaired) electrons.